The van der Waals surface area contributed by atoms with Gasteiger partial charge in [-0.1, -0.05) is 0 Å². The van der Waals surface area contributed by atoms with Gasteiger partial charge in [-0.2, -0.15) is 0 Å². The van der Waals surface area contributed by atoms with E-state index in [0.717, 1.165) is 9.80 Å². The SMILES string of the molecule is CC1=C(C)C(=O)N(C2CC(=O)N(C)C2=O)C1=O. The predicted molar refractivity (Wildman–Crippen MR) is 56.4 cm³/mol. The lowest BCUT2D eigenvalue weighted by Crippen LogP contribution is -2.45. The summed E-state index contributed by atoms with van der Waals surface area (Å²) in [5.74, 6) is -1.83. The van der Waals surface area contributed by atoms with Crippen molar-refractivity contribution in [3.05, 3.63) is 11.1 Å². The zero-order chi connectivity index (χ0) is 12.9. The van der Waals surface area contributed by atoms with E-state index in [2.05, 4.69) is 0 Å². The van der Waals surface area contributed by atoms with Gasteiger partial charge in [0, 0.05) is 18.2 Å². The van der Waals surface area contributed by atoms with Crippen molar-refractivity contribution >= 4 is 23.6 Å². The lowest BCUT2D eigenvalue weighted by atomic mass is 10.2. The van der Waals surface area contributed by atoms with Crippen LogP contribution in [-0.4, -0.2) is 46.5 Å². The second kappa shape index (κ2) is 3.51. The number of hydrogen-bond acceptors (Lipinski definition) is 4. The fourth-order valence-electron chi connectivity index (χ4n) is 2.00. The Morgan fingerprint density at radius 3 is 1.82 bits per heavy atom. The average molecular weight is 236 g/mol. The highest BCUT2D eigenvalue weighted by Crippen LogP contribution is 2.27. The third-order valence-corrected chi connectivity index (χ3v) is 3.31. The van der Waals surface area contributed by atoms with Crippen molar-refractivity contribution in [3.8, 4) is 0 Å². The average Bonchev–Trinajstić information content (AvgIpc) is 2.64. The first-order chi connectivity index (χ1) is 7.86. The zero-order valence-corrected chi connectivity index (χ0v) is 9.81. The molecule has 0 N–H and O–H groups in total. The summed E-state index contributed by atoms with van der Waals surface area (Å²) in [5, 5.41) is 0. The van der Waals surface area contributed by atoms with Crippen molar-refractivity contribution in [1.82, 2.24) is 9.80 Å². The summed E-state index contributed by atoms with van der Waals surface area (Å²) < 4.78 is 0. The molecule has 17 heavy (non-hydrogen) atoms. The van der Waals surface area contributed by atoms with Crippen molar-refractivity contribution in [2.45, 2.75) is 26.3 Å². The monoisotopic (exact) mass is 236 g/mol. The van der Waals surface area contributed by atoms with E-state index in [1.807, 2.05) is 0 Å². The minimum atomic E-state index is -0.972. The third-order valence-electron chi connectivity index (χ3n) is 3.31. The molecule has 0 saturated carbocycles. The van der Waals surface area contributed by atoms with Crippen LogP contribution >= 0.6 is 0 Å². The lowest BCUT2D eigenvalue weighted by molar-refractivity contribution is -0.147. The molecule has 90 valence electrons. The second-order valence-corrected chi connectivity index (χ2v) is 4.24. The number of carbonyl (C=O) groups excluding carboxylic acids is 4. The quantitative estimate of drug-likeness (QED) is 0.572. The number of amides is 4. The Labute approximate surface area is 97.9 Å². The second-order valence-electron chi connectivity index (χ2n) is 4.24. The molecule has 0 aliphatic carbocycles. The fourth-order valence-corrected chi connectivity index (χ4v) is 2.00. The Balaban J connectivity index is 2.34. The molecule has 6 heteroatoms. The molecule has 0 aromatic rings. The molecule has 2 heterocycles. The molecule has 2 aliphatic heterocycles. The van der Waals surface area contributed by atoms with Gasteiger partial charge in [0.2, 0.25) is 5.91 Å². The topological polar surface area (TPSA) is 74.8 Å². The van der Waals surface area contributed by atoms with Crippen molar-refractivity contribution in [3.63, 3.8) is 0 Å². The molecule has 6 nitrogen and oxygen atoms in total. The van der Waals surface area contributed by atoms with Crippen LogP contribution in [-0.2, 0) is 19.2 Å². The van der Waals surface area contributed by atoms with E-state index in [-0.39, 0.29) is 12.3 Å². The standard InChI is InChI=1S/C11H12N2O4/c1-5-6(2)10(16)13(9(5)15)7-4-8(14)12(3)11(7)17/h7H,4H2,1-3H3. The minimum absolute atomic E-state index is 0.118. The molecular weight excluding hydrogens is 224 g/mol. The molecule has 0 spiro atoms. The number of likely N-dealkylation sites (tertiary alicyclic amines) is 1. The molecule has 1 atom stereocenters. The summed E-state index contributed by atoms with van der Waals surface area (Å²) in [7, 11) is 1.35. The highest BCUT2D eigenvalue weighted by atomic mass is 16.2. The summed E-state index contributed by atoms with van der Waals surface area (Å²) in [6.45, 7) is 3.08. The molecule has 0 radical (unpaired) electrons. The molecule has 1 saturated heterocycles. The van der Waals surface area contributed by atoms with Crippen LogP contribution < -0.4 is 0 Å². The van der Waals surface area contributed by atoms with E-state index in [9.17, 15) is 19.2 Å². The van der Waals surface area contributed by atoms with Crippen molar-refractivity contribution < 1.29 is 19.2 Å². The van der Waals surface area contributed by atoms with Crippen LogP contribution in [0.2, 0.25) is 0 Å². The number of likely N-dealkylation sites (N-methyl/N-ethyl adjacent to an activating group) is 1. The summed E-state index contributed by atoms with van der Waals surface area (Å²) in [6, 6.07) is -0.972. The molecule has 1 fully saturated rings. The van der Waals surface area contributed by atoms with Gasteiger partial charge in [-0.25, -0.2) is 0 Å². The maximum absolute atomic E-state index is 11.8. The largest absolute Gasteiger partial charge is 0.284 e. The van der Waals surface area contributed by atoms with E-state index in [1.54, 1.807) is 13.8 Å². The normalized spacial score (nSPS) is 25.7. The van der Waals surface area contributed by atoms with E-state index in [1.165, 1.54) is 7.05 Å². The van der Waals surface area contributed by atoms with Crippen LogP contribution in [0.1, 0.15) is 20.3 Å². The van der Waals surface area contributed by atoms with E-state index in [4.69, 9.17) is 0 Å². The summed E-state index contributed by atoms with van der Waals surface area (Å²) >= 11 is 0. The summed E-state index contributed by atoms with van der Waals surface area (Å²) in [4.78, 5) is 48.6. The van der Waals surface area contributed by atoms with E-state index in [0.29, 0.717) is 11.1 Å². The van der Waals surface area contributed by atoms with Crippen LogP contribution in [0, 0.1) is 0 Å². The van der Waals surface area contributed by atoms with Crippen molar-refractivity contribution in [1.29, 1.82) is 0 Å². The Hall–Kier alpha value is -1.98. The predicted octanol–water partition coefficient (Wildman–Crippen LogP) is -0.551. The van der Waals surface area contributed by atoms with Crippen LogP contribution in [0.25, 0.3) is 0 Å². The molecule has 0 aromatic carbocycles. The molecule has 0 aromatic heterocycles. The summed E-state index contributed by atoms with van der Waals surface area (Å²) in [5.41, 5.74) is 0.676. The van der Waals surface area contributed by atoms with E-state index >= 15 is 0 Å². The Bertz CT molecular complexity index is 468. The Morgan fingerprint density at radius 2 is 1.47 bits per heavy atom. The fraction of sp³-hybridized carbons (Fsp3) is 0.455. The molecular formula is C11H12N2O4. The third kappa shape index (κ3) is 1.40. The van der Waals surface area contributed by atoms with Crippen LogP contribution in [0.3, 0.4) is 0 Å². The molecule has 2 aliphatic rings. The smallest absolute Gasteiger partial charge is 0.257 e. The molecule has 2 rings (SSSR count). The Morgan fingerprint density at radius 1 is 1.00 bits per heavy atom. The van der Waals surface area contributed by atoms with Gasteiger partial charge in [-0.15, -0.1) is 0 Å². The van der Waals surface area contributed by atoms with E-state index < -0.39 is 23.8 Å². The van der Waals surface area contributed by atoms with Gasteiger partial charge in [0.05, 0.1) is 6.42 Å². The zero-order valence-electron chi connectivity index (χ0n) is 9.81. The Kier molecular flexibility index (Phi) is 2.38. The van der Waals surface area contributed by atoms with Crippen molar-refractivity contribution in [2.24, 2.45) is 0 Å². The maximum Gasteiger partial charge on any atom is 0.257 e. The first-order valence-electron chi connectivity index (χ1n) is 5.22. The van der Waals surface area contributed by atoms with Crippen LogP contribution in [0.15, 0.2) is 11.1 Å². The number of imide groups is 2. The van der Waals surface area contributed by atoms with Gasteiger partial charge in [-0.3, -0.25) is 29.0 Å². The molecule has 1 unspecified atom stereocenters. The highest BCUT2D eigenvalue weighted by Gasteiger charge is 2.47. The van der Waals surface area contributed by atoms with Gasteiger partial charge < -0.3 is 0 Å². The van der Waals surface area contributed by atoms with Crippen LogP contribution in [0.5, 0.6) is 0 Å². The number of nitrogens with zero attached hydrogens (tertiary/aromatic N) is 2. The first-order valence-corrected chi connectivity index (χ1v) is 5.22. The van der Waals surface area contributed by atoms with Gasteiger partial charge in [0.15, 0.2) is 0 Å². The van der Waals surface area contributed by atoms with Crippen LogP contribution in [0.4, 0.5) is 0 Å². The van der Waals surface area contributed by atoms with Gasteiger partial charge in [-0.05, 0) is 13.8 Å². The molecule has 0 bridgehead atoms. The van der Waals surface area contributed by atoms with Gasteiger partial charge >= 0.3 is 0 Å². The van der Waals surface area contributed by atoms with Crippen molar-refractivity contribution in [2.75, 3.05) is 7.05 Å². The summed E-state index contributed by atoms with van der Waals surface area (Å²) in [6.07, 6.45) is -0.118. The minimum Gasteiger partial charge on any atom is -0.284 e. The van der Waals surface area contributed by atoms with Gasteiger partial charge in [0.1, 0.15) is 6.04 Å². The maximum atomic E-state index is 11.8. The lowest BCUT2D eigenvalue weighted by Gasteiger charge is -2.20. The van der Waals surface area contributed by atoms with Gasteiger partial charge in [0.25, 0.3) is 17.7 Å². The molecule has 4 amide bonds. The first kappa shape index (κ1) is 11.5. The number of carbonyl (C=O) groups is 4. The number of rotatable bonds is 1. The number of hydrogen-bond donors (Lipinski definition) is 0. The highest BCUT2D eigenvalue weighted by molar-refractivity contribution is 6.22.